The Balaban J connectivity index is 3.60. The van der Waals surface area contributed by atoms with Crippen LogP contribution in [0.2, 0.25) is 19.6 Å². The summed E-state index contributed by atoms with van der Waals surface area (Å²) < 4.78 is 11.7. The largest absolute Gasteiger partial charge is 0.468 e. The Morgan fingerprint density at radius 1 is 1.33 bits per heavy atom. The smallest absolute Gasteiger partial charge is 0.315 e. The highest BCUT2D eigenvalue weighted by Gasteiger charge is 2.68. The van der Waals surface area contributed by atoms with Crippen molar-refractivity contribution in [2.75, 3.05) is 7.11 Å². The molecule has 0 bridgehead atoms. The first-order valence-electron chi connectivity index (χ1n) is 8.56. The van der Waals surface area contributed by atoms with Gasteiger partial charge < -0.3 is 9.16 Å². The first kappa shape index (κ1) is 20.8. The topological polar surface area (TPSA) is 52.6 Å². The van der Waals surface area contributed by atoms with Gasteiger partial charge in [0.25, 0.3) is 0 Å². The van der Waals surface area contributed by atoms with E-state index in [0.717, 1.165) is 12.0 Å². The molecule has 4 nitrogen and oxygen atoms in total. The van der Waals surface area contributed by atoms with Gasteiger partial charge in [0, 0.05) is 0 Å². The monoisotopic (exact) mass is 352 g/mol. The number of allylic oxidation sites excluding steroid dienone is 1. The number of hydrogen-bond donors (Lipinski definition) is 0. The zero-order valence-corrected chi connectivity index (χ0v) is 17.0. The third-order valence-corrected chi connectivity index (χ3v) is 6.01. The third-order valence-electron chi connectivity index (χ3n) is 5.05. The average molecular weight is 353 g/mol. The van der Waals surface area contributed by atoms with Crippen LogP contribution in [0.5, 0.6) is 0 Å². The van der Waals surface area contributed by atoms with E-state index >= 15 is 0 Å². The predicted molar refractivity (Wildman–Crippen MR) is 99.3 cm³/mol. The van der Waals surface area contributed by atoms with E-state index in [1.54, 1.807) is 0 Å². The van der Waals surface area contributed by atoms with E-state index in [4.69, 9.17) is 9.16 Å². The van der Waals surface area contributed by atoms with Crippen LogP contribution in [-0.2, 0) is 18.8 Å². The summed E-state index contributed by atoms with van der Waals surface area (Å²) in [6.07, 6.45) is 3.72. The number of carbonyl (C=O) groups is 2. The Bertz CT molecular complexity index is 534. The summed E-state index contributed by atoms with van der Waals surface area (Å²) in [6.45, 7) is 17.7. The Hall–Kier alpha value is -1.20. The van der Waals surface area contributed by atoms with Gasteiger partial charge in [-0.3, -0.25) is 9.59 Å². The summed E-state index contributed by atoms with van der Waals surface area (Å²) in [5.41, 5.74) is -1.20. The van der Waals surface area contributed by atoms with Crippen molar-refractivity contribution in [3.05, 3.63) is 24.8 Å². The lowest BCUT2D eigenvalue weighted by Gasteiger charge is -2.47. The molecule has 0 amide bonds. The van der Waals surface area contributed by atoms with Gasteiger partial charge in [0.1, 0.15) is 11.0 Å². The minimum atomic E-state index is -2.11. The molecule has 3 atom stereocenters. The van der Waals surface area contributed by atoms with E-state index in [9.17, 15) is 9.59 Å². The quantitative estimate of drug-likeness (QED) is 0.283. The molecule has 1 aliphatic rings. The minimum absolute atomic E-state index is 0.00968. The molecular formula is C19H32O4Si. The van der Waals surface area contributed by atoms with Crippen molar-refractivity contribution in [2.45, 2.75) is 64.8 Å². The highest BCUT2D eigenvalue weighted by Crippen LogP contribution is 2.57. The number of ketones is 1. The Morgan fingerprint density at radius 3 is 2.33 bits per heavy atom. The van der Waals surface area contributed by atoms with Crippen molar-refractivity contribution in [1.29, 1.82) is 0 Å². The number of rotatable bonds is 8. The molecule has 0 aromatic heterocycles. The first-order chi connectivity index (χ1) is 11.0. The SMILES string of the molecule is C=CC(=O)[C@]1(O[Si](C)(C)C)CC[C@@H](C)[C@@]1(CCC(=C)C)C(=O)OC. The van der Waals surface area contributed by atoms with Crippen molar-refractivity contribution in [3.63, 3.8) is 0 Å². The lowest BCUT2D eigenvalue weighted by atomic mass is 9.64. The summed E-state index contributed by atoms with van der Waals surface area (Å²) in [5.74, 6) is -0.576. The maximum atomic E-state index is 13.0. The van der Waals surface area contributed by atoms with Crippen molar-refractivity contribution < 1.29 is 18.8 Å². The molecule has 0 spiro atoms. The molecule has 0 saturated heterocycles. The van der Waals surface area contributed by atoms with Gasteiger partial charge in [0.05, 0.1) is 7.11 Å². The molecule has 0 N–H and O–H groups in total. The van der Waals surface area contributed by atoms with Gasteiger partial charge in [0.2, 0.25) is 0 Å². The second kappa shape index (κ2) is 7.36. The van der Waals surface area contributed by atoms with Crippen LogP contribution >= 0.6 is 0 Å². The van der Waals surface area contributed by atoms with Gasteiger partial charge in [-0.1, -0.05) is 19.1 Å². The maximum absolute atomic E-state index is 13.0. The molecule has 24 heavy (non-hydrogen) atoms. The number of carbonyl (C=O) groups excluding carboxylic acids is 2. The van der Waals surface area contributed by atoms with Crippen LogP contribution in [0, 0.1) is 11.3 Å². The molecule has 0 heterocycles. The summed E-state index contributed by atoms with van der Waals surface area (Å²) in [5, 5.41) is 0. The number of ether oxygens (including phenoxy) is 1. The van der Waals surface area contributed by atoms with E-state index in [2.05, 4.69) is 13.2 Å². The molecule has 0 aromatic carbocycles. The fourth-order valence-corrected chi connectivity index (χ4v) is 5.45. The van der Waals surface area contributed by atoms with Crippen molar-refractivity contribution in [1.82, 2.24) is 0 Å². The lowest BCUT2D eigenvalue weighted by molar-refractivity contribution is -0.175. The van der Waals surface area contributed by atoms with Gasteiger partial charge in [-0.2, -0.15) is 0 Å². The van der Waals surface area contributed by atoms with Gasteiger partial charge in [-0.05, 0) is 64.2 Å². The molecule has 0 aliphatic heterocycles. The average Bonchev–Trinajstić information content (AvgIpc) is 2.76. The Kier molecular flexibility index (Phi) is 6.39. The molecule has 0 aromatic rings. The van der Waals surface area contributed by atoms with Crippen LogP contribution in [0.25, 0.3) is 0 Å². The lowest BCUT2D eigenvalue weighted by Crippen LogP contribution is -2.61. The maximum Gasteiger partial charge on any atom is 0.315 e. The van der Waals surface area contributed by atoms with Crippen LogP contribution in [0.3, 0.4) is 0 Å². The fraction of sp³-hybridized carbons (Fsp3) is 0.684. The molecule has 5 heteroatoms. The van der Waals surface area contributed by atoms with Gasteiger partial charge in [0.15, 0.2) is 14.1 Å². The van der Waals surface area contributed by atoms with Gasteiger partial charge in [-0.25, -0.2) is 0 Å². The van der Waals surface area contributed by atoms with Crippen molar-refractivity contribution >= 4 is 20.1 Å². The standard InChI is InChI=1S/C19H32O4Si/c1-9-16(20)19(23-24(6,7)8)13-11-15(4)18(19,17(21)22-5)12-10-14(2)3/h9,15H,1-2,10-13H2,3-8H3/t15-,18+,19-/m1/s1. The zero-order chi connectivity index (χ0) is 18.8. The minimum Gasteiger partial charge on any atom is -0.468 e. The third kappa shape index (κ3) is 3.57. The van der Waals surface area contributed by atoms with E-state index in [1.165, 1.54) is 13.2 Å². The predicted octanol–water partition coefficient (Wildman–Crippen LogP) is 4.28. The van der Waals surface area contributed by atoms with Gasteiger partial charge >= 0.3 is 5.97 Å². The van der Waals surface area contributed by atoms with Crippen LogP contribution in [-0.4, -0.2) is 32.8 Å². The molecule has 136 valence electrons. The molecule has 1 rings (SSSR count). The molecule has 0 radical (unpaired) electrons. The van der Waals surface area contributed by atoms with Crippen LogP contribution in [0.15, 0.2) is 24.8 Å². The van der Waals surface area contributed by atoms with Gasteiger partial charge in [-0.15, -0.1) is 6.58 Å². The summed E-state index contributed by atoms with van der Waals surface area (Å²) in [7, 11) is -0.723. The van der Waals surface area contributed by atoms with Crippen molar-refractivity contribution in [3.8, 4) is 0 Å². The van der Waals surface area contributed by atoms with E-state index in [1.807, 2.05) is 33.5 Å². The highest BCUT2D eigenvalue weighted by atomic mass is 28.4. The Labute approximate surface area is 147 Å². The normalized spacial score (nSPS) is 30.0. The molecule has 0 unspecified atom stereocenters. The first-order valence-corrected chi connectivity index (χ1v) is 12.0. The van der Waals surface area contributed by atoms with Crippen LogP contribution in [0.1, 0.15) is 39.5 Å². The fourth-order valence-electron chi connectivity index (χ4n) is 4.02. The number of methoxy groups -OCH3 is 1. The van der Waals surface area contributed by atoms with E-state index in [-0.39, 0.29) is 17.7 Å². The summed E-state index contributed by atoms with van der Waals surface area (Å²) in [4.78, 5) is 26.0. The summed E-state index contributed by atoms with van der Waals surface area (Å²) >= 11 is 0. The van der Waals surface area contributed by atoms with E-state index in [0.29, 0.717) is 19.3 Å². The van der Waals surface area contributed by atoms with Crippen LogP contribution < -0.4 is 0 Å². The summed E-state index contributed by atoms with van der Waals surface area (Å²) in [6, 6.07) is 0. The second-order valence-electron chi connectivity index (χ2n) is 7.97. The second-order valence-corrected chi connectivity index (χ2v) is 12.4. The molecule has 1 saturated carbocycles. The zero-order valence-electron chi connectivity index (χ0n) is 16.0. The number of hydrogen-bond acceptors (Lipinski definition) is 4. The highest BCUT2D eigenvalue weighted by molar-refractivity contribution is 6.70. The van der Waals surface area contributed by atoms with Crippen molar-refractivity contribution in [2.24, 2.45) is 11.3 Å². The van der Waals surface area contributed by atoms with E-state index < -0.39 is 19.3 Å². The number of esters is 1. The Morgan fingerprint density at radius 2 is 1.92 bits per heavy atom. The molecular weight excluding hydrogens is 320 g/mol. The molecule has 1 aliphatic carbocycles. The molecule has 1 fully saturated rings. The van der Waals surface area contributed by atoms with Crippen LogP contribution in [0.4, 0.5) is 0 Å².